The van der Waals surface area contributed by atoms with Crippen LogP contribution >= 0.6 is 0 Å². The van der Waals surface area contributed by atoms with Crippen LogP contribution in [0, 0.1) is 0 Å². The van der Waals surface area contributed by atoms with Gasteiger partial charge < -0.3 is 18.9 Å². The van der Waals surface area contributed by atoms with E-state index in [0.29, 0.717) is 22.8 Å². The maximum Gasteiger partial charge on any atom is 0.273 e. The summed E-state index contributed by atoms with van der Waals surface area (Å²) in [6.45, 7) is 0. The van der Waals surface area contributed by atoms with E-state index in [1.165, 1.54) is 34.7 Å². The molecule has 7 nitrogen and oxygen atoms in total. The lowest BCUT2D eigenvalue weighted by molar-refractivity contribution is -0.131. The molecule has 1 amide bonds. The van der Waals surface area contributed by atoms with Crippen molar-refractivity contribution in [2.24, 2.45) is 5.10 Å². The van der Waals surface area contributed by atoms with E-state index in [-0.39, 0.29) is 5.91 Å². The third-order valence-corrected chi connectivity index (χ3v) is 4.66. The smallest absolute Gasteiger partial charge is 0.273 e. The highest BCUT2D eigenvalue weighted by atomic mass is 16.5. The number of rotatable bonds is 8. The third kappa shape index (κ3) is 4.36. The topological polar surface area (TPSA) is 78.4 Å². The molecule has 0 aromatic heterocycles. The Kier molecular flexibility index (Phi) is 6.87. The molecule has 30 heavy (non-hydrogen) atoms. The Morgan fingerprint density at radius 2 is 1.60 bits per heavy atom. The van der Waals surface area contributed by atoms with Gasteiger partial charge in [0.15, 0.2) is 17.6 Å². The van der Waals surface area contributed by atoms with Crippen molar-refractivity contribution in [2.45, 2.75) is 6.10 Å². The summed E-state index contributed by atoms with van der Waals surface area (Å²) in [6.07, 6.45) is 0.700. The fourth-order valence-corrected chi connectivity index (χ4v) is 3.26. The Hall–Kier alpha value is -3.58. The highest BCUT2D eigenvalue weighted by molar-refractivity contribution is 5.92. The van der Waals surface area contributed by atoms with Gasteiger partial charge in [-0.05, 0) is 28.5 Å². The van der Waals surface area contributed by atoms with Gasteiger partial charge in [0.1, 0.15) is 0 Å². The number of amides is 1. The summed E-state index contributed by atoms with van der Waals surface area (Å²) in [5.41, 5.74) is 3.99. The number of carbonyl (C=O) groups is 1. The van der Waals surface area contributed by atoms with Crippen molar-refractivity contribution in [2.75, 3.05) is 28.4 Å². The number of ether oxygens (including phenoxy) is 4. The van der Waals surface area contributed by atoms with E-state index in [1.54, 1.807) is 12.1 Å². The fraction of sp³-hybridized carbons (Fsp3) is 0.217. The van der Waals surface area contributed by atoms with Crippen molar-refractivity contribution < 1.29 is 23.7 Å². The molecule has 0 bridgehead atoms. The van der Waals surface area contributed by atoms with Crippen LogP contribution in [0.5, 0.6) is 17.2 Å². The molecule has 1 unspecified atom stereocenters. The summed E-state index contributed by atoms with van der Waals surface area (Å²) in [5.74, 6) is 1.10. The van der Waals surface area contributed by atoms with Gasteiger partial charge in [-0.3, -0.25) is 4.79 Å². The Bertz CT molecular complexity index is 1030. The number of benzene rings is 3. The van der Waals surface area contributed by atoms with Crippen LogP contribution in [0.4, 0.5) is 0 Å². The van der Waals surface area contributed by atoms with Crippen LogP contribution in [0.2, 0.25) is 0 Å². The maximum absolute atomic E-state index is 12.7. The highest BCUT2D eigenvalue weighted by Crippen LogP contribution is 2.37. The number of hydrogen-bond acceptors (Lipinski definition) is 6. The monoisotopic (exact) mass is 408 g/mol. The Labute approximate surface area is 175 Å². The molecular formula is C23H24N2O5. The van der Waals surface area contributed by atoms with E-state index in [9.17, 15) is 4.79 Å². The van der Waals surface area contributed by atoms with Crippen LogP contribution in [0.15, 0.2) is 59.7 Å². The van der Waals surface area contributed by atoms with Gasteiger partial charge in [0.25, 0.3) is 5.91 Å². The van der Waals surface area contributed by atoms with E-state index in [0.717, 1.165) is 16.3 Å². The highest BCUT2D eigenvalue weighted by Gasteiger charge is 2.21. The number of carbonyl (C=O) groups excluding carboxylic acids is 1. The molecular weight excluding hydrogens is 384 g/mol. The maximum atomic E-state index is 12.7. The molecule has 0 heterocycles. The molecule has 1 N–H and O–H groups in total. The molecule has 1 atom stereocenters. The van der Waals surface area contributed by atoms with Crippen molar-refractivity contribution in [3.8, 4) is 17.2 Å². The normalized spacial score (nSPS) is 12.0. The van der Waals surface area contributed by atoms with E-state index in [2.05, 4.69) is 10.5 Å². The lowest BCUT2D eigenvalue weighted by Gasteiger charge is -2.16. The first-order chi connectivity index (χ1) is 14.6. The first-order valence-electron chi connectivity index (χ1n) is 9.26. The minimum Gasteiger partial charge on any atom is -0.493 e. The number of nitrogens with one attached hydrogen (secondary N) is 1. The van der Waals surface area contributed by atoms with Crippen molar-refractivity contribution in [1.29, 1.82) is 0 Å². The summed E-state index contributed by atoms with van der Waals surface area (Å²) < 4.78 is 21.4. The number of hydrazone groups is 1. The fourth-order valence-electron chi connectivity index (χ4n) is 3.26. The second-order valence-electron chi connectivity index (χ2n) is 6.38. The van der Waals surface area contributed by atoms with E-state index >= 15 is 0 Å². The van der Waals surface area contributed by atoms with Crippen molar-refractivity contribution >= 4 is 22.9 Å². The molecule has 0 saturated carbocycles. The number of nitrogens with zero attached hydrogens (tertiary/aromatic N) is 1. The second-order valence-corrected chi connectivity index (χ2v) is 6.38. The lowest BCUT2D eigenvalue weighted by Crippen LogP contribution is -2.26. The van der Waals surface area contributed by atoms with Crippen LogP contribution < -0.4 is 19.6 Å². The van der Waals surface area contributed by atoms with Crippen molar-refractivity contribution in [3.05, 3.63) is 65.7 Å². The minimum atomic E-state index is -0.798. The molecule has 0 aliphatic rings. The first kappa shape index (κ1) is 21.1. The van der Waals surface area contributed by atoms with Gasteiger partial charge >= 0.3 is 0 Å². The predicted octanol–water partition coefficient (Wildman–Crippen LogP) is 3.70. The molecule has 0 aliphatic heterocycles. The molecule has 0 radical (unpaired) electrons. The molecule has 3 rings (SSSR count). The molecule has 3 aromatic rings. The quantitative estimate of drug-likeness (QED) is 0.454. The minimum absolute atomic E-state index is 0.377. The van der Waals surface area contributed by atoms with Gasteiger partial charge in [0, 0.05) is 12.7 Å². The zero-order valence-electron chi connectivity index (χ0n) is 17.3. The molecule has 156 valence electrons. The van der Waals surface area contributed by atoms with Gasteiger partial charge in [0.05, 0.1) is 27.5 Å². The number of hydrogen-bond donors (Lipinski definition) is 1. The summed E-state index contributed by atoms with van der Waals surface area (Å²) in [7, 11) is 6.10. The van der Waals surface area contributed by atoms with Crippen LogP contribution in [-0.2, 0) is 9.53 Å². The Morgan fingerprint density at radius 3 is 2.23 bits per heavy atom. The van der Waals surface area contributed by atoms with Crippen LogP contribution in [0.3, 0.4) is 0 Å². The van der Waals surface area contributed by atoms with Crippen LogP contribution in [-0.4, -0.2) is 40.6 Å². The number of fused-ring (bicyclic) bond motifs is 1. The van der Waals surface area contributed by atoms with E-state index in [1.807, 2.05) is 42.5 Å². The Balaban J connectivity index is 1.81. The molecule has 0 saturated heterocycles. The predicted molar refractivity (Wildman–Crippen MR) is 116 cm³/mol. The molecule has 0 aliphatic carbocycles. The Morgan fingerprint density at radius 1 is 0.933 bits per heavy atom. The zero-order chi connectivity index (χ0) is 21.5. The molecule has 0 fully saturated rings. The number of methoxy groups -OCH3 is 4. The largest absolute Gasteiger partial charge is 0.493 e. The second kappa shape index (κ2) is 9.76. The molecule has 3 aromatic carbocycles. The van der Waals surface area contributed by atoms with E-state index in [4.69, 9.17) is 18.9 Å². The SMILES string of the molecule is COc1cc(C=NNC(=O)C(OC)c2cccc3ccccc23)cc(OC)c1OC. The third-order valence-electron chi connectivity index (χ3n) is 4.66. The summed E-state index contributed by atoms with van der Waals surface area (Å²) in [4.78, 5) is 12.7. The summed E-state index contributed by atoms with van der Waals surface area (Å²) >= 11 is 0. The van der Waals surface area contributed by atoms with Gasteiger partial charge in [-0.1, -0.05) is 42.5 Å². The molecule has 7 heteroatoms. The summed E-state index contributed by atoms with van der Waals surface area (Å²) in [5, 5.41) is 6.05. The van der Waals surface area contributed by atoms with Crippen molar-refractivity contribution in [1.82, 2.24) is 5.43 Å². The zero-order valence-corrected chi connectivity index (χ0v) is 17.3. The van der Waals surface area contributed by atoms with Gasteiger partial charge in [-0.15, -0.1) is 0 Å². The average Bonchev–Trinajstić information content (AvgIpc) is 2.79. The van der Waals surface area contributed by atoms with Crippen LogP contribution in [0.25, 0.3) is 10.8 Å². The summed E-state index contributed by atoms with van der Waals surface area (Å²) in [6, 6.07) is 17.1. The van der Waals surface area contributed by atoms with Crippen molar-refractivity contribution in [3.63, 3.8) is 0 Å². The standard InChI is InChI=1S/C23H24N2O5/c1-27-19-12-15(13-20(28-2)22(19)30-4)14-24-25-23(26)21(29-3)18-11-7-9-16-8-5-6-10-17(16)18/h5-14,21H,1-4H3,(H,25,26). The van der Waals surface area contributed by atoms with Crippen LogP contribution in [0.1, 0.15) is 17.2 Å². The van der Waals surface area contributed by atoms with E-state index < -0.39 is 6.10 Å². The molecule has 0 spiro atoms. The van der Waals surface area contributed by atoms with Gasteiger partial charge in [-0.25, -0.2) is 5.43 Å². The first-order valence-corrected chi connectivity index (χ1v) is 9.26. The average molecular weight is 408 g/mol. The lowest BCUT2D eigenvalue weighted by atomic mass is 10.00. The van der Waals surface area contributed by atoms with Gasteiger partial charge in [0.2, 0.25) is 5.75 Å². The van der Waals surface area contributed by atoms with Gasteiger partial charge in [-0.2, -0.15) is 5.10 Å².